The molecule has 1 aromatic rings. The van der Waals surface area contributed by atoms with Gasteiger partial charge in [-0.05, 0) is 63.9 Å². The number of benzene rings is 1. The maximum atomic E-state index is 14.5. The molecule has 1 fully saturated rings. The molecule has 1 saturated carbocycles. The van der Waals surface area contributed by atoms with Gasteiger partial charge >= 0.3 is 0 Å². The molecule has 30 heavy (non-hydrogen) atoms. The minimum Gasteiger partial charge on any atom is -0.489 e. The Bertz CT molecular complexity index is 819. The molecule has 7 heteroatoms. The molecule has 0 radical (unpaired) electrons. The molecule has 0 heterocycles. The lowest BCUT2D eigenvalue weighted by Gasteiger charge is -2.20. The van der Waals surface area contributed by atoms with E-state index in [1.165, 1.54) is 6.07 Å². The van der Waals surface area contributed by atoms with Crippen LogP contribution >= 0.6 is 11.6 Å². The van der Waals surface area contributed by atoms with Crippen LogP contribution in [0.3, 0.4) is 0 Å². The van der Waals surface area contributed by atoms with Gasteiger partial charge in [-0.15, -0.1) is 0 Å². The second kappa shape index (κ2) is 10.8. The van der Waals surface area contributed by atoms with E-state index in [4.69, 9.17) is 16.3 Å². The van der Waals surface area contributed by atoms with Crippen LogP contribution in [0.1, 0.15) is 71.1 Å². The summed E-state index contributed by atoms with van der Waals surface area (Å²) in [6.45, 7) is 2.64. The molecule has 3 rings (SSSR count). The minimum atomic E-state index is -0.627. The molecule has 0 aromatic heterocycles. The number of carbonyl (C=O) groups excluding carboxylic acids is 2. The van der Waals surface area contributed by atoms with Crippen molar-refractivity contribution in [3.05, 3.63) is 34.1 Å². The highest BCUT2D eigenvalue weighted by Crippen LogP contribution is 2.34. The van der Waals surface area contributed by atoms with E-state index < -0.39 is 11.7 Å². The van der Waals surface area contributed by atoms with Crippen molar-refractivity contribution in [3.8, 4) is 5.75 Å². The van der Waals surface area contributed by atoms with Gasteiger partial charge in [-0.25, -0.2) is 4.39 Å². The lowest BCUT2D eigenvalue weighted by molar-refractivity contribution is -0.119. The average Bonchev–Trinajstić information content (AvgIpc) is 3.24. The molecule has 0 atom stereocenters. The van der Waals surface area contributed by atoms with Crippen LogP contribution in [-0.2, 0) is 9.59 Å². The largest absolute Gasteiger partial charge is 0.489 e. The highest BCUT2D eigenvalue weighted by atomic mass is 35.5. The van der Waals surface area contributed by atoms with Crippen LogP contribution in [0.2, 0.25) is 5.02 Å². The van der Waals surface area contributed by atoms with Gasteiger partial charge in [0.15, 0.2) is 0 Å². The molecular weight excluding hydrogens is 407 g/mol. The summed E-state index contributed by atoms with van der Waals surface area (Å²) in [5.74, 6) is -0.897. The Morgan fingerprint density at radius 1 is 1.10 bits per heavy atom. The average molecular weight is 437 g/mol. The molecule has 0 saturated heterocycles. The summed E-state index contributed by atoms with van der Waals surface area (Å²) in [4.78, 5) is 25.5. The monoisotopic (exact) mass is 436 g/mol. The van der Waals surface area contributed by atoms with Crippen molar-refractivity contribution < 1.29 is 18.7 Å². The van der Waals surface area contributed by atoms with E-state index >= 15 is 0 Å². The fraction of sp³-hybridized carbons (Fsp3) is 0.565. The molecule has 2 N–H and O–H groups in total. The topological polar surface area (TPSA) is 67.4 Å². The molecular formula is C23H30ClFN2O3. The smallest absolute Gasteiger partial charge is 0.252 e. The third-order valence-electron chi connectivity index (χ3n) is 5.70. The van der Waals surface area contributed by atoms with Gasteiger partial charge in [0.1, 0.15) is 11.6 Å². The Morgan fingerprint density at radius 2 is 1.77 bits per heavy atom. The molecule has 5 nitrogen and oxygen atoms in total. The van der Waals surface area contributed by atoms with Crippen LogP contribution in [0, 0.1) is 5.82 Å². The maximum Gasteiger partial charge on any atom is 0.252 e. The molecule has 164 valence electrons. The molecule has 0 unspecified atom stereocenters. The zero-order valence-electron chi connectivity index (χ0n) is 17.5. The van der Waals surface area contributed by atoms with Crippen LogP contribution in [0.5, 0.6) is 5.75 Å². The summed E-state index contributed by atoms with van der Waals surface area (Å²) in [6, 6.07) is 2.60. The molecule has 2 aliphatic carbocycles. The second-order valence-electron chi connectivity index (χ2n) is 8.01. The lowest BCUT2D eigenvalue weighted by atomic mass is 9.90. The first kappa shape index (κ1) is 22.6. The number of ether oxygens (including phenoxy) is 1. The number of anilines is 1. The molecule has 0 bridgehead atoms. The van der Waals surface area contributed by atoms with E-state index in [9.17, 15) is 14.0 Å². The number of carbonyl (C=O) groups is 2. The van der Waals surface area contributed by atoms with Gasteiger partial charge in [0.2, 0.25) is 5.91 Å². The van der Waals surface area contributed by atoms with Gasteiger partial charge in [0.05, 0.1) is 16.8 Å². The summed E-state index contributed by atoms with van der Waals surface area (Å²) in [5.41, 5.74) is 0.954. The summed E-state index contributed by atoms with van der Waals surface area (Å²) in [5, 5.41) is 5.70. The third-order valence-corrected chi connectivity index (χ3v) is 5.99. The van der Waals surface area contributed by atoms with Crippen LogP contribution in [0.15, 0.2) is 23.3 Å². The SMILES string of the molecule is CCCCNC(=O)C1=C(C(=O)Nc2cc(OC3CCCC3)c(Cl)cc2F)CCCC1. The molecule has 2 aliphatic rings. The van der Waals surface area contributed by atoms with Gasteiger partial charge in [-0.3, -0.25) is 9.59 Å². The summed E-state index contributed by atoms with van der Waals surface area (Å²) in [7, 11) is 0. The van der Waals surface area contributed by atoms with Gasteiger partial charge in [0.25, 0.3) is 5.91 Å². The Kier molecular flexibility index (Phi) is 8.14. The fourth-order valence-corrected chi connectivity index (χ4v) is 4.19. The molecule has 0 aliphatic heterocycles. The Hall–Kier alpha value is -2.08. The Labute approximate surface area is 182 Å². The first-order valence-electron chi connectivity index (χ1n) is 11.0. The van der Waals surface area contributed by atoms with Crippen LogP contribution in [0.25, 0.3) is 0 Å². The Balaban J connectivity index is 1.76. The normalized spacial score (nSPS) is 17.2. The molecule has 2 amide bonds. The van der Waals surface area contributed by atoms with Crippen molar-refractivity contribution in [2.75, 3.05) is 11.9 Å². The maximum absolute atomic E-state index is 14.5. The number of nitrogens with one attached hydrogen (secondary N) is 2. The second-order valence-corrected chi connectivity index (χ2v) is 8.42. The first-order chi connectivity index (χ1) is 14.5. The fourth-order valence-electron chi connectivity index (χ4n) is 3.99. The van der Waals surface area contributed by atoms with Crippen LogP contribution < -0.4 is 15.4 Å². The summed E-state index contributed by atoms with van der Waals surface area (Å²) < 4.78 is 20.4. The van der Waals surface area contributed by atoms with E-state index in [-0.39, 0.29) is 22.7 Å². The molecule has 0 spiro atoms. The van der Waals surface area contributed by atoms with E-state index in [0.29, 0.717) is 36.3 Å². The number of amides is 2. The predicted molar refractivity (Wildman–Crippen MR) is 116 cm³/mol. The van der Waals surface area contributed by atoms with Gasteiger partial charge in [-0.1, -0.05) is 24.9 Å². The quantitative estimate of drug-likeness (QED) is 0.527. The summed E-state index contributed by atoms with van der Waals surface area (Å²) >= 11 is 6.15. The number of halogens is 2. The van der Waals surface area contributed by atoms with Crippen molar-refractivity contribution in [2.24, 2.45) is 0 Å². The zero-order chi connectivity index (χ0) is 21.5. The van der Waals surface area contributed by atoms with Crippen LogP contribution in [-0.4, -0.2) is 24.5 Å². The number of hydrogen-bond acceptors (Lipinski definition) is 3. The predicted octanol–water partition coefficient (Wildman–Crippen LogP) is 5.53. The highest BCUT2D eigenvalue weighted by Gasteiger charge is 2.25. The Morgan fingerprint density at radius 3 is 2.43 bits per heavy atom. The van der Waals surface area contributed by atoms with E-state index in [2.05, 4.69) is 17.6 Å². The third kappa shape index (κ3) is 5.75. The van der Waals surface area contributed by atoms with Crippen molar-refractivity contribution in [2.45, 2.75) is 77.2 Å². The van der Waals surface area contributed by atoms with Crippen molar-refractivity contribution in [1.82, 2.24) is 5.32 Å². The van der Waals surface area contributed by atoms with Crippen LogP contribution in [0.4, 0.5) is 10.1 Å². The number of unbranched alkanes of at least 4 members (excludes halogenated alkanes) is 1. The number of hydrogen-bond donors (Lipinski definition) is 2. The standard InChI is InChI=1S/C23H30ClFN2O3/c1-2-3-12-26-22(28)16-10-6-7-11-17(16)23(29)27-20-14-21(18(24)13-19(20)25)30-15-8-4-5-9-15/h13-15H,2-12H2,1H3,(H,26,28)(H,27,29). The first-order valence-corrected chi connectivity index (χ1v) is 11.3. The van der Waals surface area contributed by atoms with Crippen molar-refractivity contribution in [3.63, 3.8) is 0 Å². The summed E-state index contributed by atoms with van der Waals surface area (Å²) in [6.07, 6.45) is 8.77. The van der Waals surface area contributed by atoms with E-state index in [1.54, 1.807) is 0 Å². The lowest BCUT2D eigenvalue weighted by Crippen LogP contribution is -2.30. The minimum absolute atomic E-state index is 0.0150. The number of rotatable bonds is 8. The highest BCUT2D eigenvalue weighted by molar-refractivity contribution is 6.32. The van der Waals surface area contributed by atoms with Crippen molar-refractivity contribution >= 4 is 29.1 Å². The van der Waals surface area contributed by atoms with Gasteiger partial charge in [0, 0.05) is 23.8 Å². The van der Waals surface area contributed by atoms with Gasteiger partial charge in [-0.2, -0.15) is 0 Å². The molecule has 1 aromatic carbocycles. The van der Waals surface area contributed by atoms with Crippen molar-refractivity contribution in [1.29, 1.82) is 0 Å². The van der Waals surface area contributed by atoms with E-state index in [0.717, 1.165) is 57.4 Å². The van der Waals surface area contributed by atoms with E-state index in [1.807, 2.05) is 0 Å². The van der Waals surface area contributed by atoms with Gasteiger partial charge < -0.3 is 15.4 Å². The zero-order valence-corrected chi connectivity index (χ0v) is 18.2.